The summed E-state index contributed by atoms with van der Waals surface area (Å²) in [7, 11) is 0. The molecule has 0 aromatic carbocycles. The summed E-state index contributed by atoms with van der Waals surface area (Å²) >= 11 is 0. The molecule has 0 aliphatic carbocycles. The van der Waals surface area contributed by atoms with Crippen LogP contribution in [-0.4, -0.2) is 23.6 Å². The molecule has 0 aliphatic rings. The van der Waals surface area contributed by atoms with Crippen LogP contribution in [0.5, 0.6) is 0 Å². The van der Waals surface area contributed by atoms with Crippen LogP contribution in [0.3, 0.4) is 0 Å². The second kappa shape index (κ2) is 7.39. The molecule has 0 saturated heterocycles. The van der Waals surface area contributed by atoms with Crippen LogP contribution in [0.2, 0.25) is 0 Å². The largest absolute Gasteiger partial charge is 0.346 e. The zero-order valence-corrected chi connectivity index (χ0v) is 13.0. The number of anilines is 1. The molecule has 1 rings (SSSR count). The van der Waals surface area contributed by atoms with E-state index >= 15 is 0 Å². The molecule has 0 atom stereocenters. The number of hydrogen-bond acceptors (Lipinski definition) is 3. The fourth-order valence-corrected chi connectivity index (χ4v) is 2.00. The first-order valence-corrected chi connectivity index (χ1v) is 7.14. The summed E-state index contributed by atoms with van der Waals surface area (Å²) in [5.41, 5.74) is 0.444. The maximum Gasteiger partial charge on any atom is 0.170 e. The van der Waals surface area contributed by atoms with Gasteiger partial charge in [0.25, 0.3) is 0 Å². The van der Waals surface area contributed by atoms with E-state index in [9.17, 15) is 4.39 Å². The molecule has 0 unspecified atom stereocenters. The third-order valence-electron chi connectivity index (χ3n) is 3.07. The third-order valence-corrected chi connectivity index (χ3v) is 3.07. The highest BCUT2D eigenvalue weighted by Gasteiger charge is 2.25. The van der Waals surface area contributed by atoms with Crippen LogP contribution in [0.1, 0.15) is 39.7 Å². The van der Waals surface area contributed by atoms with Gasteiger partial charge in [-0.05, 0) is 39.8 Å². The van der Waals surface area contributed by atoms with Crippen molar-refractivity contribution in [3.05, 3.63) is 36.3 Å². The first-order chi connectivity index (χ1) is 9.41. The van der Waals surface area contributed by atoms with Crippen LogP contribution in [-0.2, 0) is 6.54 Å². The van der Waals surface area contributed by atoms with Crippen LogP contribution in [0.15, 0.2) is 24.9 Å². The van der Waals surface area contributed by atoms with Crippen molar-refractivity contribution in [2.24, 2.45) is 0 Å². The molecule has 0 bridgehead atoms. The van der Waals surface area contributed by atoms with E-state index in [1.807, 2.05) is 25.7 Å². The van der Waals surface area contributed by atoms with Crippen LogP contribution < -0.4 is 10.2 Å². The van der Waals surface area contributed by atoms with Gasteiger partial charge >= 0.3 is 0 Å². The first kappa shape index (κ1) is 16.6. The van der Waals surface area contributed by atoms with E-state index in [4.69, 9.17) is 0 Å². The molecule has 0 amide bonds. The first-order valence-electron chi connectivity index (χ1n) is 7.14. The summed E-state index contributed by atoms with van der Waals surface area (Å²) in [4.78, 5) is 6.16. The Morgan fingerprint density at radius 1 is 1.45 bits per heavy atom. The molecule has 0 radical (unpaired) electrons. The number of pyridine rings is 1. The number of nitrogens with one attached hydrogen (secondary N) is 1. The molecule has 0 saturated carbocycles. The number of hydrogen-bond donors (Lipinski definition) is 1. The number of rotatable bonds is 7. The third kappa shape index (κ3) is 4.30. The van der Waals surface area contributed by atoms with Gasteiger partial charge in [0.15, 0.2) is 11.6 Å². The Hall–Kier alpha value is -1.42. The van der Waals surface area contributed by atoms with Crippen LogP contribution in [0, 0.1) is 5.82 Å². The summed E-state index contributed by atoms with van der Waals surface area (Å²) < 4.78 is 14.6. The zero-order chi connectivity index (χ0) is 15.2. The summed E-state index contributed by atoms with van der Waals surface area (Å²) in [5, 5.41) is 3.22. The average Bonchev–Trinajstić information content (AvgIpc) is 2.37. The van der Waals surface area contributed by atoms with E-state index in [-0.39, 0.29) is 11.4 Å². The van der Waals surface area contributed by atoms with Crippen molar-refractivity contribution in [3.8, 4) is 0 Å². The van der Waals surface area contributed by atoms with Crippen molar-refractivity contribution >= 4 is 5.82 Å². The van der Waals surface area contributed by atoms with E-state index in [0.29, 0.717) is 24.5 Å². The summed E-state index contributed by atoms with van der Waals surface area (Å²) in [6, 6.07) is 1.73. The molecule has 1 heterocycles. The Balaban J connectivity index is 3.04. The van der Waals surface area contributed by atoms with Crippen LogP contribution in [0.4, 0.5) is 10.2 Å². The van der Waals surface area contributed by atoms with Crippen LogP contribution >= 0.6 is 0 Å². The Morgan fingerprint density at radius 2 is 2.15 bits per heavy atom. The topological polar surface area (TPSA) is 28.2 Å². The van der Waals surface area contributed by atoms with E-state index in [1.165, 1.54) is 0 Å². The monoisotopic (exact) mass is 279 g/mol. The molecule has 1 N–H and O–H groups in total. The zero-order valence-electron chi connectivity index (χ0n) is 13.0. The second-order valence-electron chi connectivity index (χ2n) is 5.85. The molecule has 0 fully saturated rings. The minimum atomic E-state index is -0.243. The number of aromatic nitrogens is 1. The van der Waals surface area contributed by atoms with Crippen molar-refractivity contribution in [1.82, 2.24) is 10.3 Å². The lowest BCUT2D eigenvalue weighted by Gasteiger charge is -2.36. The maximum absolute atomic E-state index is 14.6. The summed E-state index contributed by atoms with van der Waals surface area (Å²) in [5.74, 6) is 0.154. The second-order valence-corrected chi connectivity index (χ2v) is 5.85. The van der Waals surface area contributed by atoms with Crippen molar-refractivity contribution < 1.29 is 4.39 Å². The van der Waals surface area contributed by atoms with Gasteiger partial charge < -0.3 is 10.2 Å². The maximum atomic E-state index is 14.6. The lowest BCUT2D eigenvalue weighted by Crippen LogP contribution is -2.42. The number of nitrogens with zero attached hydrogens (tertiary/aromatic N) is 2. The normalized spacial score (nSPS) is 11.4. The van der Waals surface area contributed by atoms with Gasteiger partial charge in [-0.25, -0.2) is 9.37 Å². The Labute approximate surface area is 121 Å². The minimum Gasteiger partial charge on any atom is -0.346 e. The smallest absolute Gasteiger partial charge is 0.170 e. The van der Waals surface area contributed by atoms with E-state index in [1.54, 1.807) is 18.3 Å². The van der Waals surface area contributed by atoms with Gasteiger partial charge in [0, 0.05) is 30.4 Å². The fourth-order valence-electron chi connectivity index (χ4n) is 2.00. The van der Waals surface area contributed by atoms with Crippen molar-refractivity contribution in [2.45, 2.75) is 46.2 Å². The van der Waals surface area contributed by atoms with Gasteiger partial charge in [0.1, 0.15) is 0 Å². The Bertz CT molecular complexity index is 438. The lowest BCUT2D eigenvalue weighted by molar-refractivity contribution is 0.496. The van der Waals surface area contributed by atoms with Crippen molar-refractivity contribution in [3.63, 3.8) is 0 Å². The quantitative estimate of drug-likeness (QED) is 0.611. The van der Waals surface area contributed by atoms with E-state index in [2.05, 4.69) is 23.8 Å². The van der Waals surface area contributed by atoms with Gasteiger partial charge in [-0.15, -0.1) is 6.58 Å². The summed E-state index contributed by atoms with van der Waals surface area (Å²) in [6.07, 6.45) is 4.47. The van der Waals surface area contributed by atoms with E-state index < -0.39 is 0 Å². The molecule has 4 heteroatoms. The molecular weight excluding hydrogens is 253 g/mol. The van der Waals surface area contributed by atoms with Crippen LogP contribution in [0.25, 0.3) is 0 Å². The molecular formula is C16H26FN3. The van der Waals surface area contributed by atoms with Gasteiger partial charge in [0.2, 0.25) is 0 Å². The molecule has 20 heavy (non-hydrogen) atoms. The van der Waals surface area contributed by atoms with Crippen molar-refractivity contribution in [2.75, 3.05) is 18.0 Å². The molecule has 1 aromatic rings. The number of halogens is 1. The highest BCUT2D eigenvalue weighted by molar-refractivity contribution is 5.46. The fraction of sp³-hybridized carbons (Fsp3) is 0.562. The molecule has 0 spiro atoms. The van der Waals surface area contributed by atoms with Gasteiger partial charge in [-0.2, -0.15) is 0 Å². The SMILES string of the molecule is C=CCN(c1nccc(CNCCC)c1F)C(C)(C)C. The van der Waals surface area contributed by atoms with Gasteiger partial charge in [0.05, 0.1) is 0 Å². The van der Waals surface area contributed by atoms with Gasteiger partial charge in [-0.3, -0.25) is 0 Å². The average molecular weight is 279 g/mol. The van der Waals surface area contributed by atoms with E-state index in [0.717, 1.165) is 13.0 Å². The predicted molar refractivity (Wildman–Crippen MR) is 83.5 cm³/mol. The molecule has 1 aromatic heterocycles. The highest BCUT2D eigenvalue weighted by Crippen LogP contribution is 2.26. The molecule has 3 nitrogen and oxygen atoms in total. The highest BCUT2D eigenvalue weighted by atomic mass is 19.1. The van der Waals surface area contributed by atoms with Gasteiger partial charge in [-0.1, -0.05) is 13.0 Å². The molecule has 112 valence electrons. The Kier molecular flexibility index (Phi) is 6.14. The summed E-state index contributed by atoms with van der Waals surface area (Å²) in [6.45, 7) is 13.9. The standard InChI is InChI=1S/C16H26FN3/c1-6-9-18-12-13-8-10-19-15(14(13)17)20(11-7-2)16(3,4)5/h7-8,10,18H,2,6,9,11-12H2,1,3-5H3. The Morgan fingerprint density at radius 3 is 2.70 bits per heavy atom. The van der Waals surface area contributed by atoms with Crippen molar-refractivity contribution in [1.29, 1.82) is 0 Å². The lowest BCUT2D eigenvalue weighted by atomic mass is 10.1. The minimum absolute atomic E-state index is 0.211. The molecule has 0 aliphatic heterocycles. The predicted octanol–water partition coefficient (Wildman–Crippen LogP) is 3.51.